The minimum Gasteiger partial charge on any atom is -0.494 e. The molecule has 0 N–H and O–H groups in total. The van der Waals surface area contributed by atoms with E-state index >= 15 is 0 Å². The first kappa shape index (κ1) is 13.9. The zero-order chi connectivity index (χ0) is 14.6. The Morgan fingerprint density at radius 2 is 1.71 bits per heavy atom. The van der Waals surface area contributed by atoms with Gasteiger partial charge in [-0.3, -0.25) is 0 Å². The number of hydrogen-bond donors (Lipinski definition) is 0. The number of ether oxygens (including phenoxy) is 1. The molecule has 1 atom stereocenters. The second-order valence-electron chi connectivity index (χ2n) is 7.54. The van der Waals surface area contributed by atoms with Crippen molar-refractivity contribution in [2.24, 2.45) is 23.2 Å². The minimum atomic E-state index is -0.301. The van der Waals surface area contributed by atoms with Gasteiger partial charge in [-0.05, 0) is 79.4 Å². The Morgan fingerprint density at radius 1 is 1.14 bits per heavy atom. The summed E-state index contributed by atoms with van der Waals surface area (Å²) < 4.78 is 19.0. The topological polar surface area (TPSA) is 9.23 Å². The summed E-state index contributed by atoms with van der Waals surface area (Å²) in [6.07, 6.45) is 7.92. The summed E-state index contributed by atoms with van der Waals surface area (Å²) >= 11 is 6.89. The van der Waals surface area contributed by atoms with Crippen LogP contribution in [-0.2, 0) is 0 Å². The summed E-state index contributed by atoms with van der Waals surface area (Å²) in [5, 5.41) is -0.0636. The highest BCUT2D eigenvalue weighted by Crippen LogP contribution is 2.65. The van der Waals surface area contributed by atoms with Gasteiger partial charge in [0.1, 0.15) is 0 Å². The van der Waals surface area contributed by atoms with E-state index in [-0.39, 0.29) is 16.6 Å². The fraction of sp³-hybridized carbons (Fsp3) is 0.667. The molecular formula is C18H22ClFO. The summed E-state index contributed by atoms with van der Waals surface area (Å²) in [5.41, 5.74) is 1.13. The van der Waals surface area contributed by atoms with Crippen LogP contribution in [0.3, 0.4) is 0 Å². The van der Waals surface area contributed by atoms with Crippen LogP contribution in [0.1, 0.15) is 49.5 Å². The number of halogens is 2. The van der Waals surface area contributed by atoms with Gasteiger partial charge in [-0.15, -0.1) is 11.6 Å². The Labute approximate surface area is 130 Å². The molecule has 1 aromatic rings. The molecule has 114 valence electrons. The number of rotatable bonds is 3. The molecular weight excluding hydrogens is 287 g/mol. The Hall–Kier alpha value is -0.760. The van der Waals surface area contributed by atoms with Gasteiger partial charge >= 0.3 is 0 Å². The zero-order valence-electron chi connectivity index (χ0n) is 12.4. The van der Waals surface area contributed by atoms with Crippen molar-refractivity contribution in [3.8, 4) is 5.75 Å². The lowest BCUT2D eigenvalue weighted by Gasteiger charge is -2.58. The van der Waals surface area contributed by atoms with Crippen molar-refractivity contribution in [3.63, 3.8) is 0 Å². The minimum absolute atomic E-state index is 0.0636. The summed E-state index contributed by atoms with van der Waals surface area (Å²) in [6.45, 7) is 0. The standard InChI is InChI=1S/C18H22ClFO/c1-21-16-3-2-14(7-15(16)20)17(19)18-8-11-4-12(9-18)6-13(5-11)10-18/h2-3,7,11-13,17H,4-6,8-10H2,1H3. The maximum Gasteiger partial charge on any atom is 0.165 e. The Balaban J connectivity index is 1.65. The molecule has 5 rings (SSSR count). The number of methoxy groups -OCH3 is 1. The smallest absolute Gasteiger partial charge is 0.165 e. The lowest BCUT2D eigenvalue weighted by atomic mass is 9.48. The van der Waals surface area contributed by atoms with Crippen LogP contribution in [0, 0.1) is 29.0 Å². The van der Waals surface area contributed by atoms with Crippen LogP contribution in [0.25, 0.3) is 0 Å². The molecule has 4 saturated carbocycles. The highest BCUT2D eigenvalue weighted by Gasteiger charge is 2.54. The molecule has 0 amide bonds. The third-order valence-corrected chi connectivity index (χ3v) is 6.81. The number of hydrogen-bond acceptors (Lipinski definition) is 1. The van der Waals surface area contributed by atoms with E-state index in [0.29, 0.717) is 5.75 Å². The van der Waals surface area contributed by atoms with Crippen molar-refractivity contribution in [1.29, 1.82) is 0 Å². The van der Waals surface area contributed by atoms with Crippen LogP contribution in [0.2, 0.25) is 0 Å². The summed E-state index contributed by atoms with van der Waals surface area (Å²) in [7, 11) is 1.50. The number of benzene rings is 1. The van der Waals surface area contributed by atoms with E-state index < -0.39 is 0 Å². The zero-order valence-corrected chi connectivity index (χ0v) is 13.2. The summed E-state index contributed by atoms with van der Waals surface area (Å²) in [6, 6.07) is 5.23. The van der Waals surface area contributed by atoms with Crippen molar-refractivity contribution in [1.82, 2.24) is 0 Å². The SMILES string of the molecule is COc1ccc(C(Cl)C23CC4CC(CC(C4)C2)C3)cc1F. The molecule has 0 heterocycles. The molecule has 3 heteroatoms. The second-order valence-corrected chi connectivity index (χ2v) is 7.97. The predicted molar refractivity (Wildman–Crippen MR) is 82.2 cm³/mol. The average Bonchev–Trinajstić information content (AvgIpc) is 2.45. The molecule has 1 nitrogen and oxygen atoms in total. The van der Waals surface area contributed by atoms with Gasteiger partial charge in [-0.1, -0.05) is 6.07 Å². The Kier molecular flexibility index (Phi) is 3.22. The van der Waals surface area contributed by atoms with Gasteiger partial charge in [0.15, 0.2) is 11.6 Å². The molecule has 4 aliphatic rings. The Bertz CT molecular complexity index is 521. The Morgan fingerprint density at radius 3 is 2.19 bits per heavy atom. The lowest BCUT2D eigenvalue weighted by molar-refractivity contribution is -0.0552. The normalized spacial score (nSPS) is 38.5. The van der Waals surface area contributed by atoms with Crippen LogP contribution in [0.5, 0.6) is 5.75 Å². The van der Waals surface area contributed by atoms with E-state index in [9.17, 15) is 4.39 Å². The van der Waals surface area contributed by atoms with Crippen LogP contribution < -0.4 is 4.74 Å². The molecule has 0 radical (unpaired) electrons. The van der Waals surface area contributed by atoms with E-state index in [1.165, 1.54) is 45.6 Å². The molecule has 4 fully saturated rings. The molecule has 0 aliphatic heterocycles. The largest absolute Gasteiger partial charge is 0.494 e. The van der Waals surface area contributed by atoms with Gasteiger partial charge in [0, 0.05) is 0 Å². The maximum atomic E-state index is 14.0. The van der Waals surface area contributed by atoms with Crippen LogP contribution in [0.4, 0.5) is 4.39 Å². The fourth-order valence-corrected chi connectivity index (χ4v) is 6.08. The van der Waals surface area contributed by atoms with Gasteiger partial charge in [-0.2, -0.15) is 0 Å². The molecule has 0 aromatic heterocycles. The third kappa shape index (κ3) is 2.18. The maximum absolute atomic E-state index is 14.0. The first-order chi connectivity index (χ1) is 10.1. The highest BCUT2D eigenvalue weighted by atomic mass is 35.5. The lowest BCUT2D eigenvalue weighted by Crippen LogP contribution is -2.47. The van der Waals surface area contributed by atoms with E-state index in [1.807, 2.05) is 6.07 Å². The van der Waals surface area contributed by atoms with E-state index in [1.54, 1.807) is 12.1 Å². The summed E-state index contributed by atoms with van der Waals surface area (Å²) in [5.74, 6) is 2.58. The molecule has 0 spiro atoms. The second kappa shape index (κ2) is 4.87. The van der Waals surface area contributed by atoms with E-state index in [2.05, 4.69) is 0 Å². The highest BCUT2D eigenvalue weighted by molar-refractivity contribution is 6.21. The molecule has 4 aliphatic carbocycles. The predicted octanol–water partition coefficient (Wildman–Crippen LogP) is 5.33. The molecule has 1 aromatic carbocycles. The van der Waals surface area contributed by atoms with Gasteiger partial charge in [0.25, 0.3) is 0 Å². The van der Waals surface area contributed by atoms with Crippen molar-refractivity contribution in [3.05, 3.63) is 29.6 Å². The van der Waals surface area contributed by atoms with Gasteiger partial charge in [-0.25, -0.2) is 4.39 Å². The first-order valence-electron chi connectivity index (χ1n) is 8.07. The van der Waals surface area contributed by atoms with Crippen LogP contribution in [0.15, 0.2) is 18.2 Å². The average molecular weight is 309 g/mol. The molecule has 4 bridgehead atoms. The first-order valence-corrected chi connectivity index (χ1v) is 8.51. The van der Waals surface area contributed by atoms with Gasteiger partial charge in [0.05, 0.1) is 12.5 Å². The van der Waals surface area contributed by atoms with Crippen molar-refractivity contribution in [2.45, 2.75) is 43.9 Å². The van der Waals surface area contributed by atoms with Gasteiger partial charge < -0.3 is 4.74 Å². The van der Waals surface area contributed by atoms with E-state index in [0.717, 1.165) is 23.3 Å². The van der Waals surface area contributed by atoms with Crippen LogP contribution in [-0.4, -0.2) is 7.11 Å². The third-order valence-electron chi connectivity index (χ3n) is 6.09. The molecule has 0 saturated heterocycles. The van der Waals surface area contributed by atoms with Gasteiger partial charge in [0.2, 0.25) is 0 Å². The number of alkyl halides is 1. The monoisotopic (exact) mass is 308 g/mol. The van der Waals surface area contributed by atoms with E-state index in [4.69, 9.17) is 16.3 Å². The fourth-order valence-electron chi connectivity index (χ4n) is 5.68. The van der Waals surface area contributed by atoms with Crippen molar-refractivity contribution < 1.29 is 9.13 Å². The molecule has 1 unspecified atom stereocenters. The summed E-state index contributed by atoms with van der Waals surface area (Å²) in [4.78, 5) is 0. The quantitative estimate of drug-likeness (QED) is 0.686. The molecule has 21 heavy (non-hydrogen) atoms. The van der Waals surface area contributed by atoms with Crippen LogP contribution >= 0.6 is 11.6 Å². The van der Waals surface area contributed by atoms with Crippen molar-refractivity contribution >= 4 is 11.6 Å². The van der Waals surface area contributed by atoms with Crippen molar-refractivity contribution in [2.75, 3.05) is 7.11 Å².